The first-order chi connectivity index (χ1) is 11.2. The number of amides is 1. The molecule has 1 N–H and O–H groups in total. The van der Waals surface area contributed by atoms with Crippen LogP contribution >= 0.6 is 0 Å². The van der Waals surface area contributed by atoms with Gasteiger partial charge in [0.25, 0.3) is 5.91 Å². The van der Waals surface area contributed by atoms with Gasteiger partial charge >= 0.3 is 0 Å². The second-order valence-electron chi connectivity index (χ2n) is 8.24. The molecule has 0 aromatic carbocycles. The zero-order valence-corrected chi connectivity index (χ0v) is 14.2. The average Bonchev–Trinajstić information content (AvgIpc) is 2.54. The molecule has 1 amide bonds. The zero-order valence-electron chi connectivity index (χ0n) is 14.2. The molecule has 1 heterocycles. The van der Waals surface area contributed by atoms with Crippen molar-refractivity contribution >= 4 is 5.91 Å². The molecular formula is C20H28N2O. The fourth-order valence-corrected chi connectivity index (χ4v) is 5.77. The number of unbranched alkanes of at least 4 members (excludes halogenated alkanes) is 1. The van der Waals surface area contributed by atoms with E-state index in [4.69, 9.17) is 4.98 Å². The summed E-state index contributed by atoms with van der Waals surface area (Å²) in [6.45, 7) is 2.91. The zero-order chi connectivity index (χ0) is 15.9. The number of pyridine rings is 1. The fourth-order valence-electron chi connectivity index (χ4n) is 5.77. The van der Waals surface area contributed by atoms with Gasteiger partial charge in [0.1, 0.15) is 0 Å². The van der Waals surface area contributed by atoms with Gasteiger partial charge in [0.2, 0.25) is 0 Å². The molecule has 4 saturated carbocycles. The van der Waals surface area contributed by atoms with Crippen LogP contribution in [-0.2, 0) is 5.41 Å². The van der Waals surface area contributed by atoms with Crippen LogP contribution in [0.15, 0.2) is 18.3 Å². The molecule has 5 rings (SSSR count). The molecule has 3 heteroatoms. The molecule has 1 aromatic rings. The lowest BCUT2D eigenvalue weighted by atomic mass is 9.48. The summed E-state index contributed by atoms with van der Waals surface area (Å²) < 4.78 is 0. The third-order valence-electron chi connectivity index (χ3n) is 6.42. The van der Waals surface area contributed by atoms with Gasteiger partial charge in [-0.15, -0.1) is 0 Å². The highest BCUT2D eigenvalue weighted by Gasteiger charge is 2.52. The second kappa shape index (κ2) is 5.92. The Morgan fingerprint density at radius 3 is 2.48 bits per heavy atom. The summed E-state index contributed by atoms with van der Waals surface area (Å²) >= 11 is 0. The van der Waals surface area contributed by atoms with Crippen molar-refractivity contribution in [1.29, 1.82) is 0 Å². The van der Waals surface area contributed by atoms with Crippen LogP contribution < -0.4 is 5.32 Å². The van der Waals surface area contributed by atoms with Crippen LogP contribution in [0.2, 0.25) is 0 Å². The molecule has 0 spiro atoms. The van der Waals surface area contributed by atoms with E-state index in [9.17, 15) is 4.79 Å². The Labute approximate surface area is 139 Å². The van der Waals surface area contributed by atoms with Gasteiger partial charge in [-0.1, -0.05) is 13.3 Å². The van der Waals surface area contributed by atoms with Gasteiger partial charge in [0.15, 0.2) is 0 Å². The maximum Gasteiger partial charge on any atom is 0.251 e. The lowest BCUT2D eigenvalue weighted by molar-refractivity contribution is -0.00722. The lowest BCUT2D eigenvalue weighted by Crippen LogP contribution is -2.49. The number of hydrogen-bond acceptors (Lipinski definition) is 2. The molecule has 0 radical (unpaired) electrons. The third-order valence-corrected chi connectivity index (χ3v) is 6.42. The average molecular weight is 312 g/mol. The first-order valence-electron chi connectivity index (χ1n) is 9.43. The molecule has 4 bridgehead atoms. The van der Waals surface area contributed by atoms with Gasteiger partial charge < -0.3 is 5.32 Å². The Morgan fingerprint density at radius 2 is 1.87 bits per heavy atom. The van der Waals surface area contributed by atoms with E-state index in [0.29, 0.717) is 0 Å². The Bertz CT molecular complexity index is 560. The Hall–Kier alpha value is -1.38. The van der Waals surface area contributed by atoms with Gasteiger partial charge in [0, 0.05) is 29.4 Å². The standard InChI is InChI=1S/C20H28N2O/c1-2-3-5-22-19(23)17-4-6-21-18(10-17)20-11-14-7-15(12-20)9-16(8-14)13-20/h4,6,10,14-16H,2-3,5,7-9,11-13H2,1H3,(H,22,23). The predicted octanol–water partition coefficient (Wildman–Crippen LogP) is 4.08. The lowest BCUT2D eigenvalue weighted by Gasteiger charge is -2.56. The summed E-state index contributed by atoms with van der Waals surface area (Å²) in [6, 6.07) is 3.96. The molecule has 4 aliphatic carbocycles. The molecule has 0 saturated heterocycles. The number of nitrogens with zero attached hydrogens (tertiary/aromatic N) is 1. The summed E-state index contributed by atoms with van der Waals surface area (Å²) in [4.78, 5) is 17.1. The molecule has 4 aliphatic rings. The highest BCUT2D eigenvalue weighted by molar-refractivity contribution is 5.94. The smallest absolute Gasteiger partial charge is 0.251 e. The number of carbonyl (C=O) groups is 1. The van der Waals surface area contributed by atoms with Crippen molar-refractivity contribution < 1.29 is 4.79 Å². The van der Waals surface area contributed by atoms with Gasteiger partial charge in [-0.25, -0.2) is 0 Å². The first-order valence-corrected chi connectivity index (χ1v) is 9.43. The summed E-state index contributed by atoms with van der Waals surface area (Å²) in [5, 5.41) is 3.03. The third kappa shape index (κ3) is 2.79. The highest BCUT2D eigenvalue weighted by Crippen LogP contribution is 2.60. The summed E-state index contributed by atoms with van der Waals surface area (Å²) in [7, 11) is 0. The Balaban J connectivity index is 1.55. The molecule has 0 atom stereocenters. The minimum absolute atomic E-state index is 0.0619. The Kier molecular flexibility index (Phi) is 3.90. The normalized spacial score (nSPS) is 34.6. The minimum atomic E-state index is 0.0619. The predicted molar refractivity (Wildman–Crippen MR) is 91.3 cm³/mol. The number of hydrogen-bond donors (Lipinski definition) is 1. The van der Waals surface area contributed by atoms with E-state index in [1.165, 1.54) is 44.2 Å². The van der Waals surface area contributed by atoms with Crippen molar-refractivity contribution in [2.24, 2.45) is 17.8 Å². The van der Waals surface area contributed by atoms with Gasteiger partial charge in [-0.2, -0.15) is 0 Å². The van der Waals surface area contributed by atoms with E-state index in [2.05, 4.69) is 18.3 Å². The van der Waals surface area contributed by atoms with Crippen LogP contribution in [-0.4, -0.2) is 17.4 Å². The number of aromatic nitrogens is 1. The molecule has 23 heavy (non-hydrogen) atoms. The molecule has 3 nitrogen and oxygen atoms in total. The van der Waals surface area contributed by atoms with E-state index in [1.54, 1.807) is 0 Å². The van der Waals surface area contributed by atoms with Crippen molar-refractivity contribution in [2.75, 3.05) is 6.54 Å². The summed E-state index contributed by atoms with van der Waals surface area (Å²) in [5.74, 6) is 2.78. The maximum atomic E-state index is 12.4. The van der Waals surface area contributed by atoms with Crippen molar-refractivity contribution in [3.63, 3.8) is 0 Å². The SMILES string of the molecule is CCCCNC(=O)c1ccnc(C23CC4CC(CC(C4)C2)C3)c1. The summed E-state index contributed by atoms with van der Waals surface area (Å²) in [5.41, 5.74) is 2.26. The number of rotatable bonds is 5. The van der Waals surface area contributed by atoms with E-state index in [-0.39, 0.29) is 11.3 Å². The van der Waals surface area contributed by atoms with E-state index >= 15 is 0 Å². The van der Waals surface area contributed by atoms with Crippen LogP contribution in [0.25, 0.3) is 0 Å². The monoisotopic (exact) mass is 312 g/mol. The van der Waals surface area contributed by atoms with E-state index in [0.717, 1.165) is 42.7 Å². The van der Waals surface area contributed by atoms with E-state index < -0.39 is 0 Å². The second-order valence-corrected chi connectivity index (χ2v) is 8.24. The quantitative estimate of drug-likeness (QED) is 0.832. The number of carbonyl (C=O) groups excluding carboxylic acids is 1. The topological polar surface area (TPSA) is 42.0 Å². The minimum Gasteiger partial charge on any atom is -0.352 e. The van der Waals surface area contributed by atoms with Crippen molar-refractivity contribution in [3.8, 4) is 0 Å². The van der Waals surface area contributed by atoms with Crippen molar-refractivity contribution in [2.45, 2.75) is 63.7 Å². The molecular weight excluding hydrogens is 284 g/mol. The van der Waals surface area contributed by atoms with E-state index in [1.807, 2.05) is 12.3 Å². The highest BCUT2D eigenvalue weighted by atomic mass is 16.1. The van der Waals surface area contributed by atoms with Crippen LogP contribution in [0.4, 0.5) is 0 Å². The van der Waals surface area contributed by atoms with Gasteiger partial charge in [-0.3, -0.25) is 9.78 Å². The van der Waals surface area contributed by atoms with Crippen molar-refractivity contribution in [1.82, 2.24) is 10.3 Å². The molecule has 1 aromatic heterocycles. The molecule has 0 aliphatic heterocycles. The fraction of sp³-hybridized carbons (Fsp3) is 0.700. The van der Waals surface area contributed by atoms with Crippen LogP contribution in [0.1, 0.15) is 74.3 Å². The maximum absolute atomic E-state index is 12.4. The van der Waals surface area contributed by atoms with Crippen LogP contribution in [0.3, 0.4) is 0 Å². The first kappa shape index (κ1) is 15.2. The largest absolute Gasteiger partial charge is 0.352 e. The van der Waals surface area contributed by atoms with Crippen molar-refractivity contribution in [3.05, 3.63) is 29.6 Å². The molecule has 124 valence electrons. The molecule has 0 unspecified atom stereocenters. The van der Waals surface area contributed by atoms with Gasteiger partial charge in [-0.05, 0) is 74.8 Å². The number of nitrogens with one attached hydrogen (secondary N) is 1. The molecule has 4 fully saturated rings. The van der Waals surface area contributed by atoms with Gasteiger partial charge in [0.05, 0.1) is 0 Å². The summed E-state index contributed by atoms with van der Waals surface area (Å²) in [6.07, 6.45) is 12.2. The van der Waals surface area contributed by atoms with Crippen LogP contribution in [0.5, 0.6) is 0 Å². The van der Waals surface area contributed by atoms with Crippen LogP contribution in [0, 0.1) is 17.8 Å². The Morgan fingerprint density at radius 1 is 1.22 bits per heavy atom.